The maximum absolute atomic E-state index is 12.2. The number of anilines is 1. The van der Waals surface area contributed by atoms with Gasteiger partial charge in [0.15, 0.2) is 0 Å². The third kappa shape index (κ3) is 4.60. The topological polar surface area (TPSA) is 21.3 Å². The average Bonchev–Trinajstić information content (AvgIpc) is 2.33. The van der Waals surface area contributed by atoms with Crippen molar-refractivity contribution in [3.63, 3.8) is 0 Å². The highest BCUT2D eigenvalue weighted by Crippen LogP contribution is 2.32. The van der Waals surface area contributed by atoms with Crippen LogP contribution in [0.15, 0.2) is 22.7 Å². The number of alkyl halides is 3. The number of halogens is 4. The lowest BCUT2D eigenvalue weighted by atomic mass is 9.95. The molecule has 1 aliphatic carbocycles. The van der Waals surface area contributed by atoms with Gasteiger partial charge >= 0.3 is 6.36 Å². The average molecular weight is 338 g/mol. The van der Waals surface area contributed by atoms with E-state index in [1.165, 1.54) is 18.6 Å². The van der Waals surface area contributed by atoms with Gasteiger partial charge in [0, 0.05) is 16.6 Å². The number of ether oxygens (including phenoxy) is 1. The zero-order valence-electron chi connectivity index (χ0n) is 10.3. The molecule has 2 nitrogen and oxygen atoms in total. The van der Waals surface area contributed by atoms with Gasteiger partial charge in [-0.05, 0) is 40.9 Å². The van der Waals surface area contributed by atoms with E-state index in [0.717, 1.165) is 30.2 Å². The zero-order chi connectivity index (χ0) is 13.9. The van der Waals surface area contributed by atoms with E-state index in [1.54, 1.807) is 6.07 Å². The summed E-state index contributed by atoms with van der Waals surface area (Å²) in [6.45, 7) is 0. The minimum absolute atomic E-state index is 0.200. The Morgan fingerprint density at radius 1 is 1.16 bits per heavy atom. The molecule has 19 heavy (non-hydrogen) atoms. The summed E-state index contributed by atoms with van der Waals surface area (Å²) in [5.41, 5.74) is 0.647. The van der Waals surface area contributed by atoms with E-state index in [4.69, 9.17) is 0 Å². The van der Waals surface area contributed by atoms with Crippen molar-refractivity contribution >= 4 is 21.6 Å². The molecule has 0 radical (unpaired) electrons. The Bertz CT molecular complexity index is 430. The van der Waals surface area contributed by atoms with Gasteiger partial charge < -0.3 is 10.1 Å². The first-order valence-electron chi connectivity index (χ1n) is 6.26. The minimum Gasteiger partial charge on any atom is -0.406 e. The predicted octanol–water partition coefficient (Wildman–Crippen LogP) is 5.09. The fraction of sp³-hybridized carbons (Fsp3) is 0.538. The van der Waals surface area contributed by atoms with E-state index >= 15 is 0 Å². The van der Waals surface area contributed by atoms with E-state index in [9.17, 15) is 13.2 Å². The highest BCUT2D eigenvalue weighted by molar-refractivity contribution is 9.10. The van der Waals surface area contributed by atoms with Crippen molar-refractivity contribution in [2.75, 3.05) is 5.32 Å². The molecule has 0 amide bonds. The van der Waals surface area contributed by atoms with Crippen molar-refractivity contribution in [2.45, 2.75) is 44.5 Å². The van der Waals surface area contributed by atoms with Crippen LogP contribution in [-0.2, 0) is 0 Å². The fourth-order valence-corrected chi connectivity index (χ4v) is 2.64. The summed E-state index contributed by atoms with van der Waals surface area (Å²) in [5, 5.41) is 3.28. The number of nitrogens with one attached hydrogen (secondary N) is 1. The van der Waals surface area contributed by atoms with Crippen LogP contribution in [0.2, 0.25) is 0 Å². The van der Waals surface area contributed by atoms with E-state index in [0.29, 0.717) is 11.7 Å². The number of benzene rings is 1. The summed E-state index contributed by atoms with van der Waals surface area (Å²) in [7, 11) is 0. The molecular formula is C13H15BrF3NO. The third-order valence-corrected chi connectivity index (χ3v) is 3.83. The first-order valence-corrected chi connectivity index (χ1v) is 7.05. The fourth-order valence-electron chi connectivity index (χ4n) is 2.28. The molecule has 0 aromatic heterocycles. The maximum atomic E-state index is 12.2. The summed E-state index contributed by atoms with van der Waals surface area (Å²) in [6.07, 6.45) is 1.00. The molecule has 0 aliphatic heterocycles. The molecule has 1 aromatic carbocycles. The lowest BCUT2D eigenvalue weighted by molar-refractivity contribution is -0.274. The molecule has 106 valence electrons. The van der Waals surface area contributed by atoms with Gasteiger partial charge in [-0.1, -0.05) is 19.3 Å². The summed E-state index contributed by atoms with van der Waals surface area (Å²) < 4.78 is 41.2. The molecule has 0 unspecified atom stereocenters. The molecule has 0 bridgehead atoms. The molecule has 1 N–H and O–H groups in total. The highest BCUT2D eigenvalue weighted by atomic mass is 79.9. The van der Waals surface area contributed by atoms with Gasteiger partial charge in [-0.25, -0.2) is 0 Å². The van der Waals surface area contributed by atoms with Crippen molar-refractivity contribution in [2.24, 2.45) is 0 Å². The van der Waals surface area contributed by atoms with E-state index < -0.39 is 6.36 Å². The van der Waals surface area contributed by atoms with Crippen LogP contribution in [0.3, 0.4) is 0 Å². The second-order valence-corrected chi connectivity index (χ2v) is 5.52. The first-order chi connectivity index (χ1) is 8.94. The number of hydrogen-bond acceptors (Lipinski definition) is 2. The van der Waals surface area contributed by atoms with Crippen LogP contribution in [0.25, 0.3) is 0 Å². The van der Waals surface area contributed by atoms with E-state index in [1.807, 2.05) is 0 Å². The van der Waals surface area contributed by atoms with Gasteiger partial charge in [0.05, 0.1) is 5.69 Å². The van der Waals surface area contributed by atoms with Crippen LogP contribution in [0.4, 0.5) is 18.9 Å². The number of rotatable bonds is 3. The smallest absolute Gasteiger partial charge is 0.406 e. The van der Waals surface area contributed by atoms with Crippen molar-refractivity contribution in [1.82, 2.24) is 0 Å². The van der Waals surface area contributed by atoms with Crippen molar-refractivity contribution in [1.29, 1.82) is 0 Å². The van der Waals surface area contributed by atoms with Crippen molar-refractivity contribution in [3.05, 3.63) is 22.7 Å². The number of hydrogen-bond donors (Lipinski definition) is 1. The van der Waals surface area contributed by atoms with Crippen molar-refractivity contribution in [3.8, 4) is 5.75 Å². The van der Waals surface area contributed by atoms with Gasteiger partial charge in [0.25, 0.3) is 0 Å². The molecule has 0 atom stereocenters. The molecule has 0 spiro atoms. The second-order valence-electron chi connectivity index (χ2n) is 4.67. The largest absolute Gasteiger partial charge is 0.573 e. The van der Waals surface area contributed by atoms with Crippen LogP contribution >= 0.6 is 15.9 Å². The Morgan fingerprint density at radius 3 is 2.47 bits per heavy atom. The monoisotopic (exact) mass is 337 g/mol. The Morgan fingerprint density at radius 2 is 1.84 bits per heavy atom. The Hall–Kier alpha value is -0.910. The SMILES string of the molecule is FC(F)(F)Oc1ccc(Br)c(NC2CCCCC2)c1. The predicted molar refractivity (Wildman–Crippen MR) is 71.3 cm³/mol. The molecule has 0 saturated heterocycles. The van der Waals surface area contributed by atoms with E-state index in [2.05, 4.69) is 26.0 Å². The summed E-state index contributed by atoms with van der Waals surface area (Å²) in [4.78, 5) is 0. The van der Waals surface area contributed by atoms with Gasteiger partial charge in [-0.3, -0.25) is 0 Å². The molecule has 1 fully saturated rings. The van der Waals surface area contributed by atoms with Crippen LogP contribution in [0, 0.1) is 0 Å². The van der Waals surface area contributed by atoms with Gasteiger partial charge in [-0.15, -0.1) is 13.2 Å². The summed E-state index contributed by atoms with van der Waals surface area (Å²) in [6, 6.07) is 4.56. The zero-order valence-corrected chi connectivity index (χ0v) is 11.9. The highest BCUT2D eigenvalue weighted by Gasteiger charge is 2.31. The standard InChI is InChI=1S/C13H15BrF3NO/c14-11-7-6-10(19-13(15,16)17)8-12(11)18-9-4-2-1-3-5-9/h6-9,18H,1-5H2. The first kappa shape index (κ1) is 14.5. The van der Waals surface area contributed by atoms with Crippen molar-refractivity contribution < 1.29 is 17.9 Å². The second kappa shape index (κ2) is 6.03. The van der Waals surface area contributed by atoms with Crippen LogP contribution in [-0.4, -0.2) is 12.4 Å². The molecule has 2 rings (SSSR count). The normalized spacial score (nSPS) is 17.3. The summed E-state index contributed by atoms with van der Waals surface area (Å²) in [5.74, 6) is -0.200. The van der Waals surface area contributed by atoms with Crippen LogP contribution < -0.4 is 10.1 Å². The summed E-state index contributed by atoms with van der Waals surface area (Å²) >= 11 is 3.34. The molecule has 1 aliphatic rings. The van der Waals surface area contributed by atoms with Gasteiger partial charge in [-0.2, -0.15) is 0 Å². The van der Waals surface area contributed by atoms with Gasteiger partial charge in [0.2, 0.25) is 0 Å². The minimum atomic E-state index is -4.66. The molecular weight excluding hydrogens is 323 g/mol. The van der Waals surface area contributed by atoms with Crippen LogP contribution in [0.5, 0.6) is 5.75 Å². The maximum Gasteiger partial charge on any atom is 0.573 e. The molecule has 1 aromatic rings. The molecule has 1 saturated carbocycles. The Labute approximate surface area is 118 Å². The molecule has 6 heteroatoms. The molecule has 0 heterocycles. The van der Waals surface area contributed by atoms with Crippen LogP contribution in [0.1, 0.15) is 32.1 Å². The van der Waals surface area contributed by atoms with Gasteiger partial charge in [0.1, 0.15) is 5.75 Å². The lowest BCUT2D eigenvalue weighted by Gasteiger charge is -2.24. The lowest BCUT2D eigenvalue weighted by Crippen LogP contribution is -2.22. The third-order valence-electron chi connectivity index (χ3n) is 3.14. The quantitative estimate of drug-likeness (QED) is 0.829. The Balaban J connectivity index is 2.08. The Kier molecular flexibility index (Phi) is 4.60. The van der Waals surface area contributed by atoms with E-state index in [-0.39, 0.29) is 5.75 Å².